The molecule has 1 heterocycles. The SMILES string of the molecule is CCCOc1ccc(/C=C2/C(=O)NN(c3ccccc3)C2=O)c(OCC(N)=O)c1C. The van der Waals surface area contributed by atoms with Gasteiger partial charge in [-0.2, -0.15) is 0 Å². The van der Waals surface area contributed by atoms with E-state index in [1.807, 2.05) is 13.0 Å². The van der Waals surface area contributed by atoms with E-state index >= 15 is 0 Å². The minimum Gasteiger partial charge on any atom is -0.493 e. The molecule has 156 valence electrons. The standard InChI is InChI=1S/C22H23N3O5/c1-3-11-29-18-10-9-15(20(14(18)2)30-13-19(23)26)12-17-21(27)24-25(22(17)28)16-7-5-4-6-8-16/h4-10,12H,3,11,13H2,1-2H3,(H2,23,26)(H,24,27)/b17-12-. The fraction of sp³-hybridized carbons (Fsp3) is 0.227. The highest BCUT2D eigenvalue weighted by atomic mass is 16.5. The molecule has 0 unspecified atom stereocenters. The lowest BCUT2D eigenvalue weighted by atomic mass is 10.0. The van der Waals surface area contributed by atoms with E-state index in [2.05, 4.69) is 5.43 Å². The number of para-hydroxylation sites is 1. The van der Waals surface area contributed by atoms with E-state index in [4.69, 9.17) is 15.2 Å². The molecule has 0 atom stereocenters. The third-order valence-electron chi connectivity index (χ3n) is 4.41. The lowest BCUT2D eigenvalue weighted by molar-refractivity contribution is -0.120. The first kappa shape index (κ1) is 20.9. The van der Waals surface area contributed by atoms with Gasteiger partial charge in [-0.05, 0) is 43.7 Å². The molecule has 0 aromatic heterocycles. The maximum absolute atomic E-state index is 12.8. The predicted molar refractivity (Wildman–Crippen MR) is 112 cm³/mol. The van der Waals surface area contributed by atoms with Crippen molar-refractivity contribution in [1.82, 2.24) is 5.43 Å². The van der Waals surface area contributed by atoms with E-state index in [9.17, 15) is 14.4 Å². The number of hydrazine groups is 1. The normalized spacial score (nSPS) is 14.7. The van der Waals surface area contributed by atoms with Crippen LogP contribution in [0.2, 0.25) is 0 Å². The zero-order valence-electron chi connectivity index (χ0n) is 16.8. The highest BCUT2D eigenvalue weighted by Gasteiger charge is 2.34. The van der Waals surface area contributed by atoms with Gasteiger partial charge in [-0.3, -0.25) is 19.8 Å². The number of carbonyl (C=O) groups excluding carboxylic acids is 3. The van der Waals surface area contributed by atoms with Crippen molar-refractivity contribution in [3.8, 4) is 11.5 Å². The van der Waals surface area contributed by atoms with Crippen LogP contribution < -0.4 is 25.6 Å². The third kappa shape index (κ3) is 4.43. The summed E-state index contributed by atoms with van der Waals surface area (Å²) in [6, 6.07) is 12.2. The number of hydrogen-bond donors (Lipinski definition) is 2. The van der Waals surface area contributed by atoms with Crippen LogP contribution in [0.1, 0.15) is 24.5 Å². The lowest BCUT2D eigenvalue weighted by Crippen LogP contribution is -2.35. The van der Waals surface area contributed by atoms with Gasteiger partial charge in [0.2, 0.25) is 0 Å². The number of hydrogen-bond acceptors (Lipinski definition) is 5. The van der Waals surface area contributed by atoms with Crippen LogP contribution in [0.5, 0.6) is 11.5 Å². The second-order valence-corrected chi connectivity index (χ2v) is 6.69. The largest absolute Gasteiger partial charge is 0.493 e. The van der Waals surface area contributed by atoms with E-state index in [-0.39, 0.29) is 12.2 Å². The molecule has 8 nitrogen and oxygen atoms in total. The van der Waals surface area contributed by atoms with Crippen LogP contribution in [-0.4, -0.2) is 30.9 Å². The molecule has 0 spiro atoms. The van der Waals surface area contributed by atoms with Crippen molar-refractivity contribution in [3.05, 3.63) is 59.2 Å². The van der Waals surface area contributed by atoms with Gasteiger partial charge in [0.05, 0.1) is 12.3 Å². The van der Waals surface area contributed by atoms with Crippen molar-refractivity contribution in [1.29, 1.82) is 0 Å². The summed E-state index contributed by atoms with van der Waals surface area (Å²) < 4.78 is 11.3. The first-order chi connectivity index (χ1) is 14.4. The molecule has 3 rings (SSSR count). The Kier molecular flexibility index (Phi) is 6.36. The number of benzene rings is 2. The Hall–Kier alpha value is -3.81. The Bertz CT molecular complexity index is 1000. The average Bonchev–Trinajstić information content (AvgIpc) is 3.01. The van der Waals surface area contributed by atoms with E-state index in [0.717, 1.165) is 6.42 Å². The summed E-state index contributed by atoms with van der Waals surface area (Å²) in [5.41, 5.74) is 9.37. The Morgan fingerprint density at radius 2 is 1.87 bits per heavy atom. The van der Waals surface area contributed by atoms with Gasteiger partial charge in [0, 0.05) is 11.1 Å². The van der Waals surface area contributed by atoms with Crippen molar-refractivity contribution in [2.24, 2.45) is 5.73 Å². The minimum atomic E-state index is -0.641. The summed E-state index contributed by atoms with van der Waals surface area (Å²) >= 11 is 0. The number of nitrogens with zero attached hydrogens (tertiary/aromatic N) is 1. The van der Waals surface area contributed by atoms with Crippen molar-refractivity contribution in [3.63, 3.8) is 0 Å². The number of rotatable bonds is 8. The molecule has 0 aliphatic carbocycles. The molecule has 3 N–H and O–H groups in total. The van der Waals surface area contributed by atoms with Crippen molar-refractivity contribution >= 4 is 29.5 Å². The second kappa shape index (κ2) is 9.13. The molecule has 8 heteroatoms. The van der Waals surface area contributed by atoms with Crippen LogP contribution in [0.4, 0.5) is 5.69 Å². The second-order valence-electron chi connectivity index (χ2n) is 6.69. The molecule has 3 amide bonds. The fourth-order valence-corrected chi connectivity index (χ4v) is 2.98. The number of carbonyl (C=O) groups is 3. The molecule has 30 heavy (non-hydrogen) atoms. The smallest absolute Gasteiger partial charge is 0.282 e. The average molecular weight is 409 g/mol. The number of primary amides is 1. The molecule has 1 saturated heterocycles. The molecular formula is C22H23N3O5. The molecule has 1 aliphatic rings. The van der Waals surface area contributed by atoms with Crippen LogP contribution in [0.3, 0.4) is 0 Å². The molecular weight excluding hydrogens is 386 g/mol. The van der Waals surface area contributed by atoms with Crippen LogP contribution >= 0.6 is 0 Å². The maximum Gasteiger partial charge on any atom is 0.282 e. The summed E-state index contributed by atoms with van der Waals surface area (Å²) in [5.74, 6) is -0.747. The first-order valence-corrected chi connectivity index (χ1v) is 9.52. The summed E-state index contributed by atoms with van der Waals surface area (Å²) in [7, 11) is 0. The monoisotopic (exact) mass is 409 g/mol. The minimum absolute atomic E-state index is 0.0515. The zero-order chi connectivity index (χ0) is 21.7. The third-order valence-corrected chi connectivity index (χ3v) is 4.41. The van der Waals surface area contributed by atoms with Gasteiger partial charge in [-0.1, -0.05) is 25.1 Å². The Labute approximate surface area is 174 Å². The number of nitrogens with two attached hydrogens (primary N) is 1. The van der Waals surface area contributed by atoms with E-state index in [1.54, 1.807) is 43.3 Å². The Morgan fingerprint density at radius 1 is 1.13 bits per heavy atom. The zero-order valence-corrected chi connectivity index (χ0v) is 16.8. The quantitative estimate of drug-likeness (QED) is 0.512. The predicted octanol–water partition coefficient (Wildman–Crippen LogP) is 2.11. The van der Waals surface area contributed by atoms with Gasteiger partial charge in [0.25, 0.3) is 17.7 Å². The number of nitrogens with one attached hydrogen (secondary N) is 1. The van der Waals surface area contributed by atoms with E-state index < -0.39 is 17.7 Å². The van der Waals surface area contributed by atoms with E-state index in [0.29, 0.717) is 34.9 Å². The number of anilines is 1. The molecule has 0 saturated carbocycles. The first-order valence-electron chi connectivity index (χ1n) is 9.52. The van der Waals surface area contributed by atoms with Crippen molar-refractivity contribution in [2.75, 3.05) is 18.2 Å². The molecule has 2 aromatic carbocycles. The highest BCUT2D eigenvalue weighted by molar-refractivity contribution is 6.31. The summed E-state index contributed by atoms with van der Waals surface area (Å²) in [4.78, 5) is 36.5. The Morgan fingerprint density at radius 3 is 2.53 bits per heavy atom. The van der Waals surface area contributed by atoms with Gasteiger partial charge in [0.15, 0.2) is 6.61 Å². The lowest BCUT2D eigenvalue weighted by Gasteiger charge is -2.16. The van der Waals surface area contributed by atoms with Gasteiger partial charge in [-0.25, -0.2) is 5.01 Å². The molecule has 2 aromatic rings. The topological polar surface area (TPSA) is 111 Å². The summed E-state index contributed by atoms with van der Waals surface area (Å²) in [6.07, 6.45) is 2.26. The molecule has 0 radical (unpaired) electrons. The number of amides is 3. The van der Waals surface area contributed by atoms with Crippen molar-refractivity contribution < 1.29 is 23.9 Å². The van der Waals surface area contributed by atoms with Crippen LogP contribution in [0.15, 0.2) is 48.0 Å². The highest BCUT2D eigenvalue weighted by Crippen LogP contribution is 2.34. The van der Waals surface area contributed by atoms with E-state index in [1.165, 1.54) is 11.1 Å². The fourth-order valence-electron chi connectivity index (χ4n) is 2.98. The van der Waals surface area contributed by atoms with Crippen molar-refractivity contribution in [2.45, 2.75) is 20.3 Å². The van der Waals surface area contributed by atoms with Crippen LogP contribution in [-0.2, 0) is 14.4 Å². The maximum atomic E-state index is 12.8. The van der Waals surface area contributed by atoms with Gasteiger partial charge >= 0.3 is 0 Å². The Balaban J connectivity index is 1.98. The molecule has 1 aliphatic heterocycles. The summed E-state index contributed by atoms with van der Waals surface area (Å²) in [5, 5.41) is 1.18. The molecule has 1 fully saturated rings. The van der Waals surface area contributed by atoms with Crippen LogP contribution in [0, 0.1) is 6.92 Å². The molecule has 0 bridgehead atoms. The van der Waals surface area contributed by atoms with Crippen LogP contribution in [0.25, 0.3) is 6.08 Å². The van der Waals surface area contributed by atoms with Gasteiger partial charge < -0.3 is 15.2 Å². The number of ether oxygens (including phenoxy) is 2. The summed E-state index contributed by atoms with van der Waals surface area (Å²) in [6.45, 7) is 3.94. The van der Waals surface area contributed by atoms with Gasteiger partial charge in [0.1, 0.15) is 17.1 Å². The van der Waals surface area contributed by atoms with Gasteiger partial charge in [-0.15, -0.1) is 0 Å².